The van der Waals surface area contributed by atoms with Crippen LogP contribution in [0.5, 0.6) is 0 Å². The van der Waals surface area contributed by atoms with Crippen molar-refractivity contribution in [2.24, 2.45) is 25.9 Å². The molecule has 2 fully saturated rings. The third-order valence-corrected chi connectivity index (χ3v) is 4.88. The molecule has 110 valence electrons. The van der Waals surface area contributed by atoms with Crippen LogP contribution < -0.4 is 16.6 Å². The maximum absolute atomic E-state index is 11.9. The summed E-state index contributed by atoms with van der Waals surface area (Å²) >= 11 is 0. The van der Waals surface area contributed by atoms with Gasteiger partial charge in [-0.2, -0.15) is 0 Å². The standard InChI is InChI=1S/C15H23N3O2/c1-17-13(9-14(19)18(2)15(17)20)16-12-5-3-4-11(8-12)10-6-7-10/h9-12,16H,3-8H2,1-2H3/t11-,12+/m0/s1. The minimum absolute atomic E-state index is 0.245. The van der Waals surface area contributed by atoms with Crippen molar-refractivity contribution in [1.82, 2.24) is 9.13 Å². The van der Waals surface area contributed by atoms with E-state index in [9.17, 15) is 9.59 Å². The van der Waals surface area contributed by atoms with Crippen molar-refractivity contribution in [2.45, 2.75) is 44.6 Å². The molecule has 0 aromatic carbocycles. The molecule has 5 nitrogen and oxygen atoms in total. The Hall–Kier alpha value is -1.52. The minimum Gasteiger partial charge on any atom is -0.368 e. The molecular formula is C15H23N3O2. The first-order valence-electron chi connectivity index (χ1n) is 7.60. The second-order valence-electron chi connectivity index (χ2n) is 6.37. The zero-order valence-corrected chi connectivity index (χ0v) is 12.3. The van der Waals surface area contributed by atoms with Gasteiger partial charge in [0.25, 0.3) is 5.56 Å². The maximum Gasteiger partial charge on any atom is 0.332 e. The van der Waals surface area contributed by atoms with E-state index in [-0.39, 0.29) is 11.2 Å². The van der Waals surface area contributed by atoms with Crippen LogP contribution in [0.3, 0.4) is 0 Å². The summed E-state index contributed by atoms with van der Waals surface area (Å²) in [7, 11) is 3.23. The molecule has 0 spiro atoms. The highest BCUT2D eigenvalue weighted by Crippen LogP contribution is 2.44. The Morgan fingerprint density at radius 3 is 2.50 bits per heavy atom. The summed E-state index contributed by atoms with van der Waals surface area (Å²) < 4.78 is 2.67. The molecular weight excluding hydrogens is 254 g/mol. The monoisotopic (exact) mass is 277 g/mol. The Balaban J connectivity index is 1.77. The molecule has 2 aliphatic carbocycles. The lowest BCUT2D eigenvalue weighted by Crippen LogP contribution is -2.39. The van der Waals surface area contributed by atoms with Crippen molar-refractivity contribution < 1.29 is 0 Å². The zero-order chi connectivity index (χ0) is 14.3. The molecule has 1 heterocycles. The van der Waals surface area contributed by atoms with Gasteiger partial charge in [-0.15, -0.1) is 0 Å². The average Bonchev–Trinajstić information content (AvgIpc) is 3.27. The van der Waals surface area contributed by atoms with Crippen LogP contribution in [0.2, 0.25) is 0 Å². The van der Waals surface area contributed by atoms with Crippen molar-refractivity contribution >= 4 is 5.82 Å². The molecule has 2 saturated carbocycles. The van der Waals surface area contributed by atoms with Gasteiger partial charge in [0.2, 0.25) is 0 Å². The van der Waals surface area contributed by atoms with Crippen LogP contribution in [0.25, 0.3) is 0 Å². The Morgan fingerprint density at radius 2 is 1.80 bits per heavy atom. The number of anilines is 1. The van der Waals surface area contributed by atoms with E-state index in [0.29, 0.717) is 11.9 Å². The predicted octanol–water partition coefficient (Wildman–Crippen LogP) is 1.46. The molecule has 0 bridgehead atoms. The smallest absolute Gasteiger partial charge is 0.332 e. The van der Waals surface area contributed by atoms with Crippen LogP contribution in [0.4, 0.5) is 5.82 Å². The maximum atomic E-state index is 11.9. The summed E-state index contributed by atoms with van der Waals surface area (Å²) in [5.41, 5.74) is -0.514. The van der Waals surface area contributed by atoms with E-state index in [1.807, 2.05) is 0 Å². The molecule has 1 aromatic rings. The van der Waals surface area contributed by atoms with Crippen LogP contribution in [-0.2, 0) is 14.1 Å². The lowest BCUT2D eigenvalue weighted by atomic mass is 9.83. The van der Waals surface area contributed by atoms with Crippen LogP contribution in [0.15, 0.2) is 15.7 Å². The SMILES string of the molecule is Cn1c(N[C@@H]2CCC[C@H](C3CC3)C2)cc(=O)n(C)c1=O. The van der Waals surface area contributed by atoms with Gasteiger partial charge < -0.3 is 5.32 Å². The molecule has 0 radical (unpaired) electrons. The Bertz CT molecular complexity index is 613. The van der Waals surface area contributed by atoms with Gasteiger partial charge in [0.1, 0.15) is 5.82 Å². The molecule has 1 aromatic heterocycles. The Kier molecular flexibility index (Phi) is 3.44. The molecule has 2 atom stereocenters. The van der Waals surface area contributed by atoms with Gasteiger partial charge in [-0.1, -0.05) is 12.8 Å². The van der Waals surface area contributed by atoms with Gasteiger partial charge in [-0.05, 0) is 37.5 Å². The number of nitrogens with one attached hydrogen (secondary N) is 1. The third kappa shape index (κ3) is 2.53. The lowest BCUT2D eigenvalue weighted by Gasteiger charge is -2.31. The highest BCUT2D eigenvalue weighted by molar-refractivity contribution is 5.35. The molecule has 20 heavy (non-hydrogen) atoms. The molecule has 0 unspecified atom stereocenters. The number of hydrogen-bond acceptors (Lipinski definition) is 3. The number of hydrogen-bond donors (Lipinski definition) is 1. The summed E-state index contributed by atoms with van der Waals surface area (Å²) in [4.78, 5) is 23.7. The first kappa shape index (κ1) is 13.5. The summed E-state index contributed by atoms with van der Waals surface area (Å²) in [6.45, 7) is 0. The molecule has 2 aliphatic rings. The van der Waals surface area contributed by atoms with Crippen LogP contribution in [-0.4, -0.2) is 15.2 Å². The van der Waals surface area contributed by atoms with E-state index < -0.39 is 0 Å². The van der Waals surface area contributed by atoms with Gasteiger partial charge >= 0.3 is 5.69 Å². The van der Waals surface area contributed by atoms with Crippen molar-refractivity contribution in [2.75, 3.05) is 5.32 Å². The van der Waals surface area contributed by atoms with Crippen LogP contribution in [0, 0.1) is 11.8 Å². The van der Waals surface area contributed by atoms with Gasteiger partial charge in [0.15, 0.2) is 0 Å². The van der Waals surface area contributed by atoms with Gasteiger partial charge in [0.05, 0.1) is 0 Å². The van der Waals surface area contributed by atoms with E-state index >= 15 is 0 Å². The van der Waals surface area contributed by atoms with Crippen molar-refractivity contribution in [3.8, 4) is 0 Å². The summed E-state index contributed by atoms with van der Waals surface area (Å²) in [5.74, 6) is 2.43. The van der Waals surface area contributed by atoms with Crippen molar-refractivity contribution in [1.29, 1.82) is 0 Å². The van der Waals surface area contributed by atoms with E-state index in [1.165, 1.54) is 49.8 Å². The predicted molar refractivity (Wildman–Crippen MR) is 79.0 cm³/mol. The highest BCUT2D eigenvalue weighted by Gasteiger charge is 2.34. The van der Waals surface area contributed by atoms with Crippen LogP contribution >= 0.6 is 0 Å². The Morgan fingerprint density at radius 1 is 1.05 bits per heavy atom. The quantitative estimate of drug-likeness (QED) is 0.910. The molecule has 0 saturated heterocycles. The second-order valence-corrected chi connectivity index (χ2v) is 6.37. The average molecular weight is 277 g/mol. The third-order valence-electron chi connectivity index (χ3n) is 4.88. The minimum atomic E-state index is -0.269. The van der Waals surface area contributed by atoms with Gasteiger partial charge in [-0.3, -0.25) is 13.9 Å². The fraction of sp³-hybridized carbons (Fsp3) is 0.733. The molecule has 0 amide bonds. The molecule has 5 heteroatoms. The lowest BCUT2D eigenvalue weighted by molar-refractivity contribution is 0.302. The van der Waals surface area contributed by atoms with E-state index in [4.69, 9.17) is 0 Å². The number of nitrogens with zero attached hydrogens (tertiary/aromatic N) is 2. The first-order valence-corrected chi connectivity index (χ1v) is 7.60. The van der Waals surface area contributed by atoms with Crippen molar-refractivity contribution in [3.05, 3.63) is 26.9 Å². The molecule has 1 N–H and O–H groups in total. The summed E-state index contributed by atoms with van der Waals surface area (Å²) in [6, 6.07) is 1.93. The fourth-order valence-electron chi connectivity index (χ4n) is 3.44. The summed E-state index contributed by atoms with van der Waals surface area (Å²) in [5, 5.41) is 3.42. The van der Waals surface area contributed by atoms with Crippen molar-refractivity contribution in [3.63, 3.8) is 0 Å². The van der Waals surface area contributed by atoms with E-state index in [2.05, 4.69) is 5.32 Å². The van der Waals surface area contributed by atoms with Gasteiger partial charge in [0, 0.05) is 26.2 Å². The number of rotatable bonds is 3. The summed E-state index contributed by atoms with van der Waals surface area (Å²) in [6.07, 6.45) is 7.68. The highest BCUT2D eigenvalue weighted by atomic mass is 16.2. The van der Waals surface area contributed by atoms with E-state index in [0.717, 1.165) is 22.8 Å². The van der Waals surface area contributed by atoms with Gasteiger partial charge in [-0.25, -0.2) is 4.79 Å². The first-order chi connectivity index (χ1) is 9.56. The molecule has 0 aliphatic heterocycles. The molecule has 3 rings (SSSR count). The topological polar surface area (TPSA) is 56.0 Å². The second kappa shape index (κ2) is 5.11. The Labute approximate surface area is 118 Å². The number of aromatic nitrogens is 2. The van der Waals surface area contributed by atoms with E-state index in [1.54, 1.807) is 7.05 Å². The normalized spacial score (nSPS) is 26.5. The largest absolute Gasteiger partial charge is 0.368 e. The van der Waals surface area contributed by atoms with Crippen LogP contribution in [0.1, 0.15) is 38.5 Å². The zero-order valence-electron chi connectivity index (χ0n) is 12.3. The fourth-order valence-corrected chi connectivity index (χ4v) is 3.44.